The Morgan fingerprint density at radius 3 is 2.52 bits per heavy atom. The zero-order chi connectivity index (χ0) is 19.1. The van der Waals surface area contributed by atoms with Crippen LogP contribution in [0.15, 0.2) is 59.7 Å². The summed E-state index contributed by atoms with van der Waals surface area (Å²) in [5.41, 5.74) is 5.20. The first kappa shape index (κ1) is 18.2. The Balaban J connectivity index is 1.61. The molecule has 0 fully saturated rings. The van der Waals surface area contributed by atoms with Gasteiger partial charge < -0.3 is 9.47 Å². The topological polar surface area (TPSA) is 88.6 Å². The highest BCUT2D eigenvalue weighted by Gasteiger charge is 2.10. The molecular weight excluding hydrogens is 344 g/mol. The molecule has 27 heavy (non-hydrogen) atoms. The lowest BCUT2D eigenvalue weighted by molar-refractivity contribution is 0.0950. The maximum absolute atomic E-state index is 12.2. The Morgan fingerprint density at radius 2 is 1.85 bits per heavy atom. The molecule has 2 aromatic carbocycles. The van der Waals surface area contributed by atoms with Gasteiger partial charge in [0.2, 0.25) is 0 Å². The molecule has 138 valence electrons. The predicted octanol–water partition coefficient (Wildman–Crippen LogP) is 3.25. The molecule has 0 aliphatic rings. The highest BCUT2D eigenvalue weighted by molar-refractivity contribution is 5.94. The molecule has 1 aromatic heterocycles. The van der Waals surface area contributed by atoms with Gasteiger partial charge in [-0.3, -0.25) is 9.89 Å². The molecule has 2 N–H and O–H groups in total. The number of amides is 1. The number of hydrogen-bond donors (Lipinski definition) is 2. The molecule has 0 radical (unpaired) electrons. The minimum atomic E-state index is -0.371. The average molecular weight is 364 g/mol. The fourth-order valence-electron chi connectivity index (χ4n) is 2.39. The van der Waals surface area contributed by atoms with Crippen molar-refractivity contribution in [1.82, 2.24) is 15.6 Å². The molecule has 0 aliphatic heterocycles. The molecule has 0 atom stereocenters. The van der Waals surface area contributed by atoms with Gasteiger partial charge in [0, 0.05) is 5.56 Å². The van der Waals surface area contributed by atoms with E-state index >= 15 is 0 Å². The first-order valence-corrected chi connectivity index (χ1v) is 8.45. The zero-order valence-corrected chi connectivity index (χ0v) is 15.1. The van der Waals surface area contributed by atoms with Crippen LogP contribution < -0.4 is 14.9 Å². The summed E-state index contributed by atoms with van der Waals surface area (Å²) in [4.78, 5) is 12.2. The first-order chi connectivity index (χ1) is 13.2. The number of carbonyl (C=O) groups is 1. The molecular formula is C20H20N4O3. The Bertz CT molecular complexity index is 915. The number of nitrogens with one attached hydrogen (secondary N) is 2. The summed E-state index contributed by atoms with van der Waals surface area (Å²) in [5, 5.41) is 10.9. The zero-order valence-electron chi connectivity index (χ0n) is 15.1. The van der Waals surface area contributed by atoms with Crippen LogP contribution in [0.2, 0.25) is 0 Å². The molecule has 0 unspecified atom stereocenters. The van der Waals surface area contributed by atoms with E-state index in [0.29, 0.717) is 18.0 Å². The van der Waals surface area contributed by atoms with E-state index < -0.39 is 0 Å². The molecule has 1 heterocycles. The lowest BCUT2D eigenvalue weighted by atomic mass is 10.1. The number of aromatic nitrogens is 2. The van der Waals surface area contributed by atoms with Crippen LogP contribution in [0.1, 0.15) is 23.0 Å². The third-order valence-corrected chi connectivity index (χ3v) is 3.78. The van der Waals surface area contributed by atoms with Gasteiger partial charge in [0.15, 0.2) is 0 Å². The Labute approximate surface area is 157 Å². The van der Waals surface area contributed by atoms with Crippen LogP contribution in [0.25, 0.3) is 11.3 Å². The molecule has 7 nitrogen and oxygen atoms in total. The predicted molar refractivity (Wildman–Crippen MR) is 103 cm³/mol. The van der Waals surface area contributed by atoms with Gasteiger partial charge in [-0.1, -0.05) is 0 Å². The van der Waals surface area contributed by atoms with Crippen molar-refractivity contribution >= 4 is 12.1 Å². The van der Waals surface area contributed by atoms with Gasteiger partial charge >= 0.3 is 0 Å². The van der Waals surface area contributed by atoms with E-state index in [1.165, 1.54) is 0 Å². The third-order valence-electron chi connectivity index (χ3n) is 3.78. The minimum absolute atomic E-state index is 0.325. The van der Waals surface area contributed by atoms with Crippen molar-refractivity contribution in [3.8, 4) is 22.8 Å². The lowest BCUT2D eigenvalue weighted by Crippen LogP contribution is -2.17. The number of H-pyrrole nitrogens is 1. The van der Waals surface area contributed by atoms with Gasteiger partial charge in [0.05, 0.1) is 25.6 Å². The van der Waals surface area contributed by atoms with E-state index in [9.17, 15) is 4.79 Å². The maximum Gasteiger partial charge on any atom is 0.289 e. The van der Waals surface area contributed by atoms with E-state index in [4.69, 9.17) is 9.47 Å². The monoisotopic (exact) mass is 364 g/mol. The molecule has 3 aromatic rings. The second-order valence-electron chi connectivity index (χ2n) is 5.60. The van der Waals surface area contributed by atoms with E-state index in [1.807, 2.05) is 55.5 Å². The number of carbonyl (C=O) groups excluding carboxylic acids is 1. The number of hydrazone groups is 1. The summed E-state index contributed by atoms with van der Waals surface area (Å²) in [7, 11) is 1.61. The number of methoxy groups -OCH3 is 1. The van der Waals surface area contributed by atoms with Crippen LogP contribution >= 0.6 is 0 Å². The van der Waals surface area contributed by atoms with E-state index in [-0.39, 0.29) is 5.91 Å². The molecule has 0 saturated carbocycles. The van der Waals surface area contributed by atoms with Gasteiger partial charge in [0.1, 0.15) is 17.2 Å². The molecule has 0 aliphatic carbocycles. The number of aromatic amines is 1. The molecule has 0 saturated heterocycles. The van der Waals surface area contributed by atoms with E-state index in [1.54, 1.807) is 19.4 Å². The van der Waals surface area contributed by atoms with Crippen LogP contribution in [0.3, 0.4) is 0 Å². The lowest BCUT2D eigenvalue weighted by Gasteiger charge is -2.02. The summed E-state index contributed by atoms with van der Waals surface area (Å²) in [5.74, 6) is 1.18. The largest absolute Gasteiger partial charge is 0.497 e. The second-order valence-corrected chi connectivity index (χ2v) is 5.60. The summed E-state index contributed by atoms with van der Waals surface area (Å²) in [6.45, 7) is 2.55. The second kappa shape index (κ2) is 8.66. The molecule has 1 amide bonds. The highest BCUT2D eigenvalue weighted by atomic mass is 16.5. The summed E-state index contributed by atoms with van der Waals surface area (Å²) in [6, 6.07) is 16.5. The van der Waals surface area contributed by atoms with Crippen molar-refractivity contribution in [3.05, 3.63) is 65.9 Å². The van der Waals surface area contributed by atoms with Crippen molar-refractivity contribution in [2.75, 3.05) is 13.7 Å². The van der Waals surface area contributed by atoms with Gasteiger partial charge in [-0.25, -0.2) is 5.43 Å². The standard InChI is InChI=1S/C20H20N4O3/c1-3-27-17-10-6-15(7-11-17)18-12-19(23-22-18)20(25)24-21-13-14-4-8-16(26-2)9-5-14/h4-13H,3H2,1-2H3,(H,22,23)(H,24,25). The fourth-order valence-corrected chi connectivity index (χ4v) is 2.39. The number of benzene rings is 2. The van der Waals surface area contributed by atoms with Gasteiger partial charge in [-0.2, -0.15) is 10.2 Å². The fraction of sp³-hybridized carbons (Fsp3) is 0.150. The van der Waals surface area contributed by atoms with Crippen molar-refractivity contribution < 1.29 is 14.3 Å². The van der Waals surface area contributed by atoms with Gasteiger partial charge in [-0.15, -0.1) is 0 Å². The smallest absolute Gasteiger partial charge is 0.289 e. The minimum Gasteiger partial charge on any atom is -0.497 e. The van der Waals surface area contributed by atoms with Crippen LogP contribution in [0.4, 0.5) is 0 Å². The van der Waals surface area contributed by atoms with Gasteiger partial charge in [-0.05, 0) is 67.1 Å². The summed E-state index contributed by atoms with van der Waals surface area (Å²) < 4.78 is 10.5. The van der Waals surface area contributed by atoms with Gasteiger partial charge in [0.25, 0.3) is 5.91 Å². The van der Waals surface area contributed by atoms with Crippen molar-refractivity contribution in [2.45, 2.75) is 6.92 Å². The molecule has 0 bridgehead atoms. The van der Waals surface area contributed by atoms with Crippen molar-refractivity contribution in [1.29, 1.82) is 0 Å². The third kappa shape index (κ3) is 4.72. The maximum atomic E-state index is 12.2. The Kier molecular flexibility index (Phi) is 5.84. The molecule has 0 spiro atoms. The molecule has 3 rings (SSSR count). The van der Waals surface area contributed by atoms with Crippen LogP contribution in [0.5, 0.6) is 11.5 Å². The Morgan fingerprint density at radius 1 is 1.15 bits per heavy atom. The van der Waals surface area contributed by atoms with Crippen molar-refractivity contribution in [3.63, 3.8) is 0 Å². The number of rotatable bonds is 7. The number of hydrogen-bond acceptors (Lipinski definition) is 5. The SMILES string of the molecule is CCOc1ccc(-c2cc(C(=O)NN=Cc3ccc(OC)cc3)[nH]n2)cc1. The van der Waals surface area contributed by atoms with Crippen LogP contribution in [-0.4, -0.2) is 36.0 Å². The number of nitrogens with zero attached hydrogens (tertiary/aromatic N) is 2. The van der Waals surface area contributed by atoms with Crippen LogP contribution in [-0.2, 0) is 0 Å². The van der Waals surface area contributed by atoms with Crippen molar-refractivity contribution in [2.24, 2.45) is 5.10 Å². The number of ether oxygens (including phenoxy) is 2. The molecule has 7 heteroatoms. The Hall–Kier alpha value is -3.61. The average Bonchev–Trinajstić information content (AvgIpc) is 3.20. The summed E-state index contributed by atoms with van der Waals surface area (Å²) in [6.07, 6.45) is 1.56. The van der Waals surface area contributed by atoms with E-state index in [2.05, 4.69) is 20.7 Å². The van der Waals surface area contributed by atoms with E-state index in [0.717, 1.165) is 22.6 Å². The summed E-state index contributed by atoms with van der Waals surface area (Å²) >= 11 is 0. The van der Waals surface area contributed by atoms with Crippen LogP contribution in [0, 0.1) is 0 Å². The normalized spacial score (nSPS) is 10.7. The first-order valence-electron chi connectivity index (χ1n) is 8.45. The quantitative estimate of drug-likeness (QED) is 0.497. The highest BCUT2D eigenvalue weighted by Crippen LogP contribution is 2.21.